The largest absolute Gasteiger partial charge is 0.468 e. The van der Waals surface area contributed by atoms with E-state index in [1.807, 2.05) is 29.2 Å². The minimum Gasteiger partial charge on any atom is -0.468 e. The van der Waals surface area contributed by atoms with E-state index in [0.29, 0.717) is 6.54 Å². The normalized spacial score (nSPS) is 14.8. The Labute approximate surface area is 165 Å². The minimum atomic E-state index is -0.622. The topological polar surface area (TPSA) is 49.9 Å². The summed E-state index contributed by atoms with van der Waals surface area (Å²) in [6.45, 7) is 1.52. The van der Waals surface area contributed by atoms with Gasteiger partial charge in [-0.3, -0.25) is 9.69 Å². The molecule has 2 heterocycles. The first-order chi connectivity index (χ1) is 12.5. The van der Waals surface area contributed by atoms with Gasteiger partial charge in [0, 0.05) is 22.4 Å². The number of halogens is 1. The number of hydrogen-bond acceptors (Lipinski definition) is 5. The van der Waals surface area contributed by atoms with Crippen LogP contribution in [0.5, 0.6) is 0 Å². The fourth-order valence-electron chi connectivity index (χ4n) is 3.22. The second-order valence-corrected chi connectivity index (χ2v) is 8.25. The molecule has 0 spiro atoms. The zero-order chi connectivity index (χ0) is 18.7. The molecule has 26 heavy (non-hydrogen) atoms. The second-order valence-electron chi connectivity index (χ2n) is 6.33. The minimum absolute atomic E-state index is 0.0215. The number of nitrogens with zero attached hydrogens (tertiary/aromatic N) is 2. The van der Waals surface area contributed by atoms with Gasteiger partial charge in [0.1, 0.15) is 6.04 Å². The molecule has 3 rings (SSSR count). The van der Waals surface area contributed by atoms with Gasteiger partial charge in [-0.2, -0.15) is 0 Å². The lowest BCUT2D eigenvalue weighted by Crippen LogP contribution is -2.43. The van der Waals surface area contributed by atoms with Gasteiger partial charge in [0.2, 0.25) is 5.91 Å². The lowest BCUT2D eigenvalue weighted by atomic mass is 10.1. The SMILES string of the molecule is COC(=O)C(c1cccc(Br)c1)N(C)CC(=O)N1CCc2sccc2C1. The molecule has 2 aromatic rings. The zero-order valence-corrected chi connectivity index (χ0v) is 17.2. The Hall–Kier alpha value is -1.70. The van der Waals surface area contributed by atoms with E-state index >= 15 is 0 Å². The lowest BCUT2D eigenvalue weighted by Gasteiger charge is -2.31. The molecule has 0 saturated carbocycles. The summed E-state index contributed by atoms with van der Waals surface area (Å²) < 4.78 is 5.85. The highest BCUT2D eigenvalue weighted by atomic mass is 79.9. The van der Waals surface area contributed by atoms with Crippen LogP contribution in [0.25, 0.3) is 0 Å². The number of likely N-dealkylation sites (N-methyl/N-ethyl adjacent to an activating group) is 1. The summed E-state index contributed by atoms with van der Waals surface area (Å²) in [5.41, 5.74) is 2.02. The highest BCUT2D eigenvalue weighted by Crippen LogP contribution is 2.26. The van der Waals surface area contributed by atoms with Gasteiger partial charge in [-0.15, -0.1) is 11.3 Å². The molecule has 5 nitrogen and oxygen atoms in total. The van der Waals surface area contributed by atoms with Crippen molar-refractivity contribution in [3.8, 4) is 0 Å². The Kier molecular flexibility index (Phi) is 6.11. The van der Waals surface area contributed by atoms with E-state index in [2.05, 4.69) is 27.4 Å². The third kappa shape index (κ3) is 4.16. The van der Waals surface area contributed by atoms with E-state index in [4.69, 9.17) is 4.74 Å². The maximum Gasteiger partial charge on any atom is 0.327 e. The Bertz CT molecular complexity index is 808. The number of benzene rings is 1. The number of rotatable bonds is 5. The van der Waals surface area contributed by atoms with Gasteiger partial charge in [0.25, 0.3) is 0 Å². The molecule has 0 bridgehead atoms. The summed E-state index contributed by atoms with van der Waals surface area (Å²) >= 11 is 5.18. The van der Waals surface area contributed by atoms with E-state index in [0.717, 1.165) is 23.0 Å². The van der Waals surface area contributed by atoms with Gasteiger partial charge < -0.3 is 9.64 Å². The molecule has 1 aromatic heterocycles. The molecule has 1 aliphatic heterocycles. The van der Waals surface area contributed by atoms with Crippen LogP contribution in [0.15, 0.2) is 40.2 Å². The first-order valence-corrected chi connectivity index (χ1v) is 10.0. The maximum absolute atomic E-state index is 12.8. The molecule has 1 atom stereocenters. The van der Waals surface area contributed by atoms with E-state index in [9.17, 15) is 9.59 Å². The molecule has 0 aliphatic carbocycles. The summed E-state index contributed by atoms with van der Waals surface area (Å²) in [5.74, 6) is -0.356. The molecular weight excluding hydrogens is 416 g/mol. The smallest absolute Gasteiger partial charge is 0.327 e. The average Bonchev–Trinajstić information content (AvgIpc) is 3.09. The zero-order valence-electron chi connectivity index (χ0n) is 14.8. The van der Waals surface area contributed by atoms with Crippen molar-refractivity contribution in [1.29, 1.82) is 0 Å². The molecule has 7 heteroatoms. The Balaban J connectivity index is 1.72. The summed E-state index contributed by atoms with van der Waals surface area (Å²) in [4.78, 5) is 30.1. The van der Waals surface area contributed by atoms with Crippen LogP contribution < -0.4 is 0 Å². The molecule has 1 amide bonds. The van der Waals surface area contributed by atoms with Crippen LogP contribution in [0, 0.1) is 0 Å². The summed E-state index contributed by atoms with van der Waals surface area (Å²) in [5, 5.41) is 2.07. The van der Waals surface area contributed by atoms with Crippen LogP contribution >= 0.6 is 27.3 Å². The second kappa shape index (κ2) is 8.33. The highest BCUT2D eigenvalue weighted by Gasteiger charge is 2.30. The number of hydrogen-bond donors (Lipinski definition) is 0. The summed E-state index contributed by atoms with van der Waals surface area (Å²) in [6, 6.07) is 8.97. The molecule has 1 aliphatic rings. The molecule has 1 unspecified atom stereocenters. The summed E-state index contributed by atoms with van der Waals surface area (Å²) in [6.07, 6.45) is 0.897. The van der Waals surface area contributed by atoms with Crippen LogP contribution in [-0.2, 0) is 27.3 Å². The third-order valence-electron chi connectivity index (χ3n) is 4.57. The number of carbonyl (C=O) groups excluding carboxylic acids is 2. The number of carbonyl (C=O) groups is 2. The molecule has 1 aromatic carbocycles. The van der Waals surface area contributed by atoms with Gasteiger partial charge >= 0.3 is 5.97 Å². The molecular formula is C19H21BrN2O3S. The maximum atomic E-state index is 12.8. The van der Waals surface area contributed by atoms with Gasteiger partial charge in [-0.1, -0.05) is 28.1 Å². The third-order valence-corrected chi connectivity index (χ3v) is 6.09. The lowest BCUT2D eigenvalue weighted by molar-refractivity contribution is -0.148. The first-order valence-electron chi connectivity index (χ1n) is 8.36. The highest BCUT2D eigenvalue weighted by molar-refractivity contribution is 9.10. The van der Waals surface area contributed by atoms with E-state index < -0.39 is 6.04 Å². The van der Waals surface area contributed by atoms with Crippen LogP contribution in [0.3, 0.4) is 0 Å². The number of ether oxygens (including phenoxy) is 1. The van der Waals surface area contributed by atoms with Crippen LogP contribution in [-0.4, -0.2) is 48.9 Å². The molecule has 0 radical (unpaired) electrons. The van der Waals surface area contributed by atoms with Gasteiger partial charge in [-0.05, 0) is 48.2 Å². The van der Waals surface area contributed by atoms with E-state index in [-0.39, 0.29) is 18.4 Å². The number of esters is 1. The van der Waals surface area contributed by atoms with Crippen molar-refractivity contribution in [3.05, 3.63) is 56.2 Å². The molecule has 0 fully saturated rings. The predicted octanol–water partition coefficient (Wildman–Crippen LogP) is 3.24. The number of methoxy groups -OCH3 is 1. The Morgan fingerprint density at radius 3 is 2.92 bits per heavy atom. The van der Waals surface area contributed by atoms with Gasteiger partial charge in [0.15, 0.2) is 0 Å². The predicted molar refractivity (Wildman–Crippen MR) is 105 cm³/mol. The van der Waals surface area contributed by atoms with Crippen molar-refractivity contribution in [3.63, 3.8) is 0 Å². The number of amides is 1. The monoisotopic (exact) mass is 436 g/mol. The fourth-order valence-corrected chi connectivity index (χ4v) is 4.53. The standard InChI is InChI=1S/C19H21BrN2O3S/c1-21(18(19(24)25-2)13-4-3-5-15(20)10-13)12-17(23)22-8-6-16-14(11-22)7-9-26-16/h3-5,7,9-10,18H,6,8,11-12H2,1-2H3. The van der Waals surface area contributed by atoms with Crippen LogP contribution in [0.4, 0.5) is 0 Å². The van der Waals surface area contributed by atoms with Gasteiger partial charge in [-0.25, -0.2) is 4.79 Å². The summed E-state index contributed by atoms with van der Waals surface area (Å²) in [7, 11) is 3.14. The van der Waals surface area contributed by atoms with Crippen molar-refractivity contribution in [1.82, 2.24) is 9.80 Å². The number of fused-ring (bicyclic) bond motifs is 1. The first kappa shape index (κ1) is 19.1. The molecule has 138 valence electrons. The van der Waals surface area contributed by atoms with Crippen molar-refractivity contribution >= 4 is 39.1 Å². The Morgan fingerprint density at radius 1 is 1.38 bits per heavy atom. The van der Waals surface area contributed by atoms with Crippen molar-refractivity contribution in [2.24, 2.45) is 0 Å². The van der Waals surface area contributed by atoms with Crippen LogP contribution in [0.1, 0.15) is 22.0 Å². The van der Waals surface area contributed by atoms with Gasteiger partial charge in [0.05, 0.1) is 13.7 Å². The average molecular weight is 437 g/mol. The molecule has 0 saturated heterocycles. The van der Waals surface area contributed by atoms with Crippen molar-refractivity contribution in [2.45, 2.75) is 19.0 Å². The van der Waals surface area contributed by atoms with Crippen molar-refractivity contribution in [2.75, 3.05) is 27.2 Å². The van der Waals surface area contributed by atoms with Crippen molar-refractivity contribution < 1.29 is 14.3 Å². The van der Waals surface area contributed by atoms with E-state index in [1.165, 1.54) is 17.6 Å². The fraction of sp³-hybridized carbons (Fsp3) is 0.368. The molecule has 0 N–H and O–H groups in total. The Morgan fingerprint density at radius 2 is 2.19 bits per heavy atom. The number of thiophene rings is 1. The van der Waals surface area contributed by atoms with E-state index in [1.54, 1.807) is 23.3 Å². The van der Waals surface area contributed by atoms with Crippen LogP contribution in [0.2, 0.25) is 0 Å². The quantitative estimate of drug-likeness (QED) is 0.674.